The summed E-state index contributed by atoms with van der Waals surface area (Å²) in [5.41, 5.74) is 6.51. The molecule has 31 heavy (non-hydrogen) atoms. The van der Waals surface area contributed by atoms with E-state index in [-0.39, 0.29) is 11.3 Å². The van der Waals surface area contributed by atoms with Crippen molar-refractivity contribution in [2.24, 2.45) is 5.73 Å². The van der Waals surface area contributed by atoms with Crippen LogP contribution in [0.4, 0.5) is 8.78 Å². The van der Waals surface area contributed by atoms with Gasteiger partial charge in [-0.3, -0.25) is 0 Å². The summed E-state index contributed by atoms with van der Waals surface area (Å²) in [6, 6.07) is 7.97. The number of aryl methyl sites for hydroxylation is 1. The number of hydrogen-bond acceptors (Lipinski definition) is 7. The first-order valence-electron chi connectivity index (χ1n) is 9.43. The summed E-state index contributed by atoms with van der Waals surface area (Å²) >= 11 is 4.71. The van der Waals surface area contributed by atoms with Crippen molar-refractivity contribution in [3.8, 4) is 0 Å². The number of benzene rings is 2. The van der Waals surface area contributed by atoms with Crippen LogP contribution in [0.3, 0.4) is 0 Å². The van der Waals surface area contributed by atoms with Gasteiger partial charge < -0.3 is 31.1 Å². The minimum atomic E-state index is -1.24. The highest BCUT2D eigenvalue weighted by Crippen LogP contribution is 2.35. The van der Waals surface area contributed by atoms with E-state index in [1.807, 2.05) is 25.1 Å². The lowest BCUT2D eigenvalue weighted by Gasteiger charge is -2.42. The lowest BCUT2D eigenvalue weighted by Crippen LogP contribution is -2.62. The largest absolute Gasteiger partial charge is 0.397 e. The summed E-state index contributed by atoms with van der Waals surface area (Å²) in [5, 5.41) is 33.8. The molecule has 5 atom stereocenters. The van der Waals surface area contributed by atoms with Crippen molar-refractivity contribution in [1.82, 2.24) is 5.32 Å². The van der Waals surface area contributed by atoms with Crippen molar-refractivity contribution < 1.29 is 28.8 Å². The minimum Gasteiger partial charge on any atom is -0.397 e. The van der Waals surface area contributed by atoms with Gasteiger partial charge in [0.15, 0.2) is 11.6 Å². The molecule has 1 aliphatic heterocycles. The Balaban J connectivity index is 1.78. The van der Waals surface area contributed by atoms with Gasteiger partial charge in [0.25, 0.3) is 0 Å². The number of rotatable bonds is 6. The summed E-state index contributed by atoms with van der Waals surface area (Å²) in [6.45, 7) is 1.50. The van der Waals surface area contributed by atoms with Gasteiger partial charge in [-0.1, -0.05) is 33.8 Å². The van der Waals surface area contributed by atoms with Gasteiger partial charge in [0.2, 0.25) is 0 Å². The first-order valence-corrected chi connectivity index (χ1v) is 11.1. The van der Waals surface area contributed by atoms with Crippen LogP contribution >= 0.6 is 27.7 Å². The second-order valence-corrected chi connectivity index (χ2v) is 9.18. The lowest BCUT2D eigenvalue weighted by atomic mass is 9.97. The Kier molecular flexibility index (Phi) is 7.95. The summed E-state index contributed by atoms with van der Waals surface area (Å²) in [6.07, 6.45) is -2.05. The van der Waals surface area contributed by atoms with Crippen molar-refractivity contribution in [1.29, 1.82) is 0 Å². The fraction of sp³-hybridized carbons (Fsp3) is 0.333. The number of halogens is 3. The summed E-state index contributed by atoms with van der Waals surface area (Å²) in [7, 11) is 0. The summed E-state index contributed by atoms with van der Waals surface area (Å²) < 4.78 is 33.2. The highest BCUT2D eigenvalue weighted by molar-refractivity contribution is 9.10. The van der Waals surface area contributed by atoms with Crippen LogP contribution < -0.4 is 11.1 Å². The summed E-state index contributed by atoms with van der Waals surface area (Å²) in [5.74, 6) is -2.03. The normalized spacial score (nSPS) is 26.7. The molecule has 0 radical (unpaired) electrons. The van der Waals surface area contributed by atoms with E-state index < -0.39 is 48.0 Å². The van der Waals surface area contributed by atoms with Crippen LogP contribution in [0.25, 0.3) is 5.70 Å². The molecule has 5 unspecified atom stereocenters. The van der Waals surface area contributed by atoms with Gasteiger partial charge in [-0.25, -0.2) is 8.78 Å². The maximum atomic E-state index is 13.5. The zero-order valence-corrected chi connectivity index (χ0v) is 18.9. The van der Waals surface area contributed by atoms with Gasteiger partial charge in [-0.05, 0) is 42.8 Å². The fourth-order valence-corrected chi connectivity index (χ4v) is 4.75. The van der Waals surface area contributed by atoms with Crippen LogP contribution in [0.5, 0.6) is 0 Å². The molecule has 0 aromatic heterocycles. The van der Waals surface area contributed by atoms with Crippen molar-refractivity contribution in [2.75, 3.05) is 6.61 Å². The summed E-state index contributed by atoms with van der Waals surface area (Å²) in [4.78, 5) is 0.824. The molecular weight excluding hydrogens is 494 g/mol. The number of aliphatic hydroxyl groups is 3. The van der Waals surface area contributed by atoms with E-state index in [0.717, 1.165) is 27.1 Å². The van der Waals surface area contributed by atoms with E-state index >= 15 is 0 Å². The molecule has 0 bridgehead atoms. The van der Waals surface area contributed by atoms with E-state index in [0.29, 0.717) is 0 Å². The van der Waals surface area contributed by atoms with Crippen LogP contribution in [0, 0.1) is 18.6 Å². The predicted octanol–water partition coefficient (Wildman–Crippen LogP) is 2.48. The number of hydrogen-bond donors (Lipinski definition) is 5. The predicted molar refractivity (Wildman–Crippen MR) is 118 cm³/mol. The zero-order chi connectivity index (χ0) is 22.7. The molecule has 6 N–H and O–H groups in total. The second-order valence-electron chi connectivity index (χ2n) is 7.16. The maximum absolute atomic E-state index is 13.5. The average molecular weight is 517 g/mol. The Morgan fingerprint density at radius 3 is 2.58 bits per heavy atom. The molecular formula is C21H23BrF2N2O4S. The molecule has 2 aromatic carbocycles. The monoisotopic (exact) mass is 516 g/mol. The molecule has 0 saturated carbocycles. The van der Waals surface area contributed by atoms with Crippen LogP contribution in [0.15, 0.2) is 52.0 Å². The van der Waals surface area contributed by atoms with E-state index in [1.54, 1.807) is 0 Å². The van der Waals surface area contributed by atoms with Crippen molar-refractivity contribution in [2.45, 2.75) is 41.6 Å². The van der Waals surface area contributed by atoms with E-state index in [1.165, 1.54) is 24.0 Å². The SMILES string of the molecule is Cc1ccc(SC2OC(CO)C(O)C(N/C=C(\N)c3ccc(F)c(F)c3)C2O)cc1Br. The van der Waals surface area contributed by atoms with Crippen LogP contribution in [0.2, 0.25) is 0 Å². The van der Waals surface area contributed by atoms with Crippen molar-refractivity contribution >= 4 is 33.4 Å². The molecule has 1 heterocycles. The smallest absolute Gasteiger partial charge is 0.159 e. The standard InChI is InChI=1S/C21H23BrF2N2O4S/c1-10-2-4-12(7-13(10)22)31-21-20(29)18(19(28)17(9-27)30-21)26-8-16(25)11-3-5-14(23)15(24)6-11/h2-8,17-21,26-29H,9,25H2,1H3/b16-8-. The first-order chi connectivity index (χ1) is 14.7. The zero-order valence-electron chi connectivity index (χ0n) is 16.5. The van der Waals surface area contributed by atoms with E-state index in [9.17, 15) is 24.1 Å². The Morgan fingerprint density at radius 2 is 1.94 bits per heavy atom. The number of thioether (sulfide) groups is 1. The second kappa shape index (κ2) is 10.3. The van der Waals surface area contributed by atoms with Gasteiger partial charge in [-0.2, -0.15) is 0 Å². The molecule has 168 valence electrons. The van der Waals surface area contributed by atoms with Gasteiger partial charge in [0, 0.05) is 21.1 Å². The van der Waals surface area contributed by atoms with Crippen LogP contribution in [0.1, 0.15) is 11.1 Å². The Bertz CT molecular complexity index is 965. The third-order valence-corrected chi connectivity index (χ3v) is 6.97. The van der Waals surface area contributed by atoms with Crippen molar-refractivity contribution in [3.63, 3.8) is 0 Å². The third-order valence-electron chi connectivity index (χ3n) is 4.96. The molecule has 6 nitrogen and oxygen atoms in total. The fourth-order valence-electron chi connectivity index (χ4n) is 3.11. The third kappa shape index (κ3) is 5.57. The molecule has 0 spiro atoms. The Labute approximate surface area is 191 Å². The van der Waals surface area contributed by atoms with Crippen LogP contribution in [-0.2, 0) is 4.74 Å². The Morgan fingerprint density at radius 1 is 1.19 bits per heavy atom. The van der Waals surface area contributed by atoms with Crippen LogP contribution in [-0.4, -0.2) is 51.7 Å². The maximum Gasteiger partial charge on any atom is 0.159 e. The van der Waals surface area contributed by atoms with E-state index in [2.05, 4.69) is 21.2 Å². The number of nitrogens with one attached hydrogen (secondary N) is 1. The minimum absolute atomic E-state index is 0.0806. The molecule has 0 amide bonds. The highest BCUT2D eigenvalue weighted by Gasteiger charge is 2.44. The van der Waals surface area contributed by atoms with Gasteiger partial charge in [-0.15, -0.1) is 0 Å². The van der Waals surface area contributed by atoms with Gasteiger partial charge in [0.05, 0.1) is 18.3 Å². The molecule has 1 fully saturated rings. The number of nitrogens with two attached hydrogens (primary N) is 1. The quantitative estimate of drug-likeness (QED) is 0.401. The van der Waals surface area contributed by atoms with Gasteiger partial charge >= 0.3 is 0 Å². The number of aliphatic hydroxyl groups excluding tert-OH is 3. The Hall–Kier alpha value is -1.69. The lowest BCUT2D eigenvalue weighted by molar-refractivity contribution is -0.164. The van der Waals surface area contributed by atoms with E-state index in [4.69, 9.17) is 10.5 Å². The molecule has 2 aromatic rings. The van der Waals surface area contributed by atoms with Crippen molar-refractivity contribution in [3.05, 3.63) is 69.8 Å². The topological polar surface area (TPSA) is 108 Å². The molecule has 1 aliphatic rings. The highest BCUT2D eigenvalue weighted by atomic mass is 79.9. The molecule has 3 rings (SSSR count). The number of ether oxygens (including phenoxy) is 1. The molecule has 1 saturated heterocycles. The average Bonchev–Trinajstić information content (AvgIpc) is 2.74. The molecule has 10 heteroatoms. The van der Waals surface area contributed by atoms with Gasteiger partial charge in [0.1, 0.15) is 23.7 Å². The first kappa shape index (κ1) is 24.0. The molecule has 0 aliphatic carbocycles.